The third kappa shape index (κ3) is 5.64. The van der Waals surface area contributed by atoms with E-state index in [1.165, 1.54) is 23.5 Å². The van der Waals surface area contributed by atoms with Gasteiger partial charge in [-0.3, -0.25) is 14.8 Å². The van der Waals surface area contributed by atoms with Crippen LogP contribution in [-0.2, 0) is 21.9 Å². The summed E-state index contributed by atoms with van der Waals surface area (Å²) in [5.74, 6) is -0.415. The van der Waals surface area contributed by atoms with Gasteiger partial charge in [0.05, 0.1) is 28.5 Å². The van der Waals surface area contributed by atoms with E-state index in [4.69, 9.17) is 5.10 Å². The fourth-order valence-corrected chi connectivity index (χ4v) is 5.19. The molecule has 1 aliphatic heterocycles. The van der Waals surface area contributed by atoms with E-state index in [9.17, 15) is 18.0 Å². The lowest BCUT2D eigenvalue weighted by Crippen LogP contribution is -2.36. The van der Waals surface area contributed by atoms with Crippen molar-refractivity contribution in [2.45, 2.75) is 83.1 Å². The first-order chi connectivity index (χ1) is 16.6. The van der Waals surface area contributed by atoms with Gasteiger partial charge in [0.1, 0.15) is 0 Å². The van der Waals surface area contributed by atoms with Crippen LogP contribution in [0.1, 0.15) is 82.4 Å². The van der Waals surface area contributed by atoms with Crippen molar-refractivity contribution in [1.82, 2.24) is 20.1 Å². The molecule has 3 atom stereocenters. The lowest BCUT2D eigenvalue weighted by Gasteiger charge is -2.21. The number of hydrogen-bond acceptors (Lipinski definition) is 5. The lowest BCUT2D eigenvalue weighted by molar-refractivity contribution is -0.137. The Hall–Kier alpha value is -2.72. The molecule has 0 aliphatic carbocycles. The summed E-state index contributed by atoms with van der Waals surface area (Å²) in [4.78, 5) is 17.7. The van der Waals surface area contributed by atoms with E-state index < -0.39 is 17.8 Å². The summed E-state index contributed by atoms with van der Waals surface area (Å²) in [6, 6.07) is 6.12. The maximum Gasteiger partial charge on any atom is 0.416 e. The topological polar surface area (TPSA) is 71.8 Å². The Morgan fingerprint density at radius 2 is 1.75 bits per heavy atom. The van der Waals surface area contributed by atoms with Gasteiger partial charge >= 0.3 is 6.18 Å². The molecule has 1 unspecified atom stereocenters. The summed E-state index contributed by atoms with van der Waals surface area (Å²) in [6.07, 6.45) is -2.05. The predicted molar refractivity (Wildman–Crippen MR) is 135 cm³/mol. The summed E-state index contributed by atoms with van der Waals surface area (Å²) < 4.78 is 41.2. The highest BCUT2D eigenvalue weighted by Gasteiger charge is 2.41. The molecule has 6 nitrogen and oxygen atoms in total. The second-order valence-electron chi connectivity index (χ2n) is 11.3. The molecule has 1 aromatic carbocycles. The number of benzene rings is 1. The van der Waals surface area contributed by atoms with E-state index in [-0.39, 0.29) is 28.8 Å². The molecule has 0 radical (unpaired) electrons. The van der Waals surface area contributed by atoms with Crippen LogP contribution < -0.4 is 10.6 Å². The number of nitrogens with one attached hydrogen (secondary N) is 2. The van der Waals surface area contributed by atoms with Crippen molar-refractivity contribution in [3.63, 3.8) is 0 Å². The minimum absolute atomic E-state index is 0.129. The molecule has 1 saturated heterocycles. The molecule has 194 valence electrons. The van der Waals surface area contributed by atoms with Crippen LogP contribution in [0, 0.1) is 0 Å². The van der Waals surface area contributed by atoms with E-state index in [0.29, 0.717) is 17.1 Å². The number of carbonyl (C=O) groups is 1. The summed E-state index contributed by atoms with van der Waals surface area (Å²) in [5, 5.41) is 13.5. The van der Waals surface area contributed by atoms with Crippen LogP contribution in [0.25, 0.3) is 0 Å². The van der Waals surface area contributed by atoms with Crippen LogP contribution in [0.15, 0.2) is 41.9 Å². The molecule has 4 rings (SSSR count). The number of halogens is 3. The first-order valence-electron chi connectivity index (χ1n) is 11.9. The molecule has 2 aromatic heterocycles. The number of carbonyl (C=O) groups excluding carboxylic acids is 1. The first-order valence-corrected chi connectivity index (χ1v) is 12.8. The Morgan fingerprint density at radius 3 is 2.28 bits per heavy atom. The monoisotopic (exact) mass is 519 g/mol. The number of anilines is 1. The smallest absolute Gasteiger partial charge is 0.301 e. The number of amides is 1. The average Bonchev–Trinajstić information content (AvgIpc) is 3.51. The van der Waals surface area contributed by atoms with E-state index in [0.717, 1.165) is 23.5 Å². The highest BCUT2D eigenvalue weighted by atomic mass is 32.1. The Kier molecular flexibility index (Phi) is 6.81. The Labute approximate surface area is 213 Å². The van der Waals surface area contributed by atoms with Crippen LogP contribution in [0.5, 0.6) is 0 Å². The Morgan fingerprint density at radius 1 is 1.08 bits per heavy atom. The lowest BCUT2D eigenvalue weighted by atomic mass is 9.90. The van der Waals surface area contributed by atoms with E-state index in [1.807, 2.05) is 43.1 Å². The van der Waals surface area contributed by atoms with Crippen LogP contribution >= 0.6 is 11.3 Å². The minimum atomic E-state index is -4.41. The molecule has 0 bridgehead atoms. The highest BCUT2D eigenvalue weighted by molar-refractivity contribution is 7.14. The molecule has 0 saturated carbocycles. The second kappa shape index (κ2) is 9.30. The third-order valence-corrected chi connectivity index (χ3v) is 7.12. The van der Waals surface area contributed by atoms with Crippen LogP contribution in [0.3, 0.4) is 0 Å². The van der Waals surface area contributed by atoms with Crippen LogP contribution in [0.4, 0.5) is 18.3 Å². The van der Waals surface area contributed by atoms with Crippen molar-refractivity contribution in [1.29, 1.82) is 0 Å². The van der Waals surface area contributed by atoms with Gasteiger partial charge < -0.3 is 5.32 Å². The molecule has 36 heavy (non-hydrogen) atoms. The average molecular weight is 520 g/mol. The van der Waals surface area contributed by atoms with Gasteiger partial charge in [-0.1, -0.05) is 32.9 Å². The summed E-state index contributed by atoms with van der Waals surface area (Å²) in [6.45, 7) is 12.3. The fraction of sp³-hybridized carbons (Fsp3) is 0.500. The van der Waals surface area contributed by atoms with Crippen LogP contribution in [0.2, 0.25) is 0 Å². The van der Waals surface area contributed by atoms with Crippen molar-refractivity contribution >= 4 is 22.4 Å². The van der Waals surface area contributed by atoms with Crippen molar-refractivity contribution in [3.8, 4) is 0 Å². The predicted octanol–water partition coefficient (Wildman–Crippen LogP) is 6.24. The summed E-state index contributed by atoms with van der Waals surface area (Å²) in [7, 11) is 0. The fourth-order valence-electron chi connectivity index (χ4n) is 4.25. The van der Waals surface area contributed by atoms with Crippen molar-refractivity contribution in [3.05, 3.63) is 64.4 Å². The minimum Gasteiger partial charge on any atom is -0.301 e. The Bertz CT molecular complexity index is 1220. The molecule has 1 amide bonds. The van der Waals surface area contributed by atoms with Crippen molar-refractivity contribution in [2.24, 2.45) is 0 Å². The van der Waals surface area contributed by atoms with Gasteiger partial charge in [0, 0.05) is 29.0 Å². The number of nitrogens with zero attached hydrogens (tertiary/aromatic N) is 3. The number of thiazole rings is 1. The Balaban J connectivity index is 1.60. The zero-order valence-corrected chi connectivity index (χ0v) is 22.1. The summed E-state index contributed by atoms with van der Waals surface area (Å²) in [5.41, 5.74) is 1.32. The normalized spacial score (nSPS) is 21.1. The molecule has 2 N–H and O–H groups in total. The molecule has 0 spiro atoms. The molecule has 3 aromatic rings. The van der Waals surface area contributed by atoms with E-state index in [1.54, 1.807) is 0 Å². The molecular formula is C26H32F3N5OS. The number of aromatic nitrogens is 3. The van der Waals surface area contributed by atoms with Gasteiger partial charge in [0.25, 0.3) is 0 Å². The van der Waals surface area contributed by atoms with Gasteiger partial charge in [0.15, 0.2) is 5.13 Å². The molecule has 1 aliphatic rings. The van der Waals surface area contributed by atoms with Gasteiger partial charge in [-0.2, -0.15) is 18.3 Å². The summed E-state index contributed by atoms with van der Waals surface area (Å²) >= 11 is 1.37. The maximum absolute atomic E-state index is 13.2. The van der Waals surface area contributed by atoms with Gasteiger partial charge in [0.2, 0.25) is 5.91 Å². The molecular weight excluding hydrogens is 487 g/mol. The molecule has 1 fully saturated rings. The SMILES string of the molecule is CC(C)(C)c1csc(NC(=O)[C@@H]2CC(c3ccn(C(C)(C)C)n3)[C@H](c3ccc(C(F)(F)F)cc3)N2)n1. The second-order valence-corrected chi connectivity index (χ2v) is 12.2. The first kappa shape index (κ1) is 26.3. The maximum atomic E-state index is 13.2. The number of rotatable bonds is 4. The van der Waals surface area contributed by atoms with Gasteiger partial charge in [-0.25, -0.2) is 4.98 Å². The molecule has 10 heteroatoms. The molecule has 3 heterocycles. The van der Waals surface area contributed by atoms with E-state index in [2.05, 4.69) is 36.4 Å². The zero-order chi connectivity index (χ0) is 26.5. The zero-order valence-electron chi connectivity index (χ0n) is 21.3. The standard InChI is InChI=1S/C26H32F3N5OS/c1-24(2,3)20-14-36-23(31-20)32-22(35)19-13-17(18-11-12-34(33-18)25(4,5)6)21(30-19)15-7-9-16(10-8-15)26(27,28)29/h7-12,14,17,19,21,30H,13H2,1-6H3,(H,31,32,35)/t17?,19-,21-/m0/s1. The van der Waals surface area contributed by atoms with Crippen molar-refractivity contribution < 1.29 is 18.0 Å². The van der Waals surface area contributed by atoms with Gasteiger partial charge in [-0.15, -0.1) is 11.3 Å². The number of hydrogen-bond donors (Lipinski definition) is 2. The number of alkyl halides is 3. The van der Waals surface area contributed by atoms with E-state index >= 15 is 0 Å². The quantitative estimate of drug-likeness (QED) is 0.428. The third-order valence-electron chi connectivity index (χ3n) is 6.37. The largest absolute Gasteiger partial charge is 0.416 e. The van der Waals surface area contributed by atoms with Crippen molar-refractivity contribution in [2.75, 3.05) is 5.32 Å². The van der Waals surface area contributed by atoms with Gasteiger partial charge in [-0.05, 0) is 51.0 Å². The highest BCUT2D eigenvalue weighted by Crippen LogP contribution is 2.41. The van der Waals surface area contributed by atoms with Crippen LogP contribution in [-0.4, -0.2) is 26.7 Å².